The normalized spacial score (nSPS) is 21.2. The lowest BCUT2D eigenvalue weighted by molar-refractivity contribution is 0.00578. The molecule has 2 aliphatic heterocycles. The molecule has 3 rings (SSSR count). The second-order valence-corrected chi connectivity index (χ2v) is 6.38. The smallest absolute Gasteiger partial charge is 0.468 e. The molecule has 1 aromatic rings. The molecule has 0 aromatic heterocycles. The molecule has 0 aliphatic carbocycles. The highest BCUT2D eigenvalue weighted by Gasteiger charge is 2.52. The Bertz CT molecular complexity index is 555. The average Bonchev–Trinajstić information content (AvgIpc) is 2.97. The predicted molar refractivity (Wildman–Crippen MR) is 80.8 cm³/mol. The van der Waals surface area contributed by atoms with Gasteiger partial charge in [0.2, 0.25) is 6.79 Å². The minimum absolute atomic E-state index is 0.131. The summed E-state index contributed by atoms with van der Waals surface area (Å²) in [4.78, 5) is 0. The zero-order valence-corrected chi connectivity index (χ0v) is 13.6. The lowest BCUT2D eigenvalue weighted by Gasteiger charge is -2.32. The molecule has 0 saturated carbocycles. The number of benzene rings is 1. The van der Waals surface area contributed by atoms with E-state index in [1.165, 1.54) is 0 Å². The topological polar surface area (TPSA) is 55.4 Å². The van der Waals surface area contributed by atoms with Gasteiger partial charge in [-0.3, -0.25) is 0 Å². The van der Waals surface area contributed by atoms with Crippen molar-refractivity contribution in [3.05, 3.63) is 12.1 Å². The van der Waals surface area contributed by atoms with Crippen LogP contribution in [0.4, 0.5) is 0 Å². The SMILES string of the molecule is COCOc1cc2c(cc1B1OC(C)(C)C(C)(C)O1)OCO2. The molecule has 1 aromatic carbocycles. The Hall–Kier alpha value is -1.44. The van der Waals surface area contributed by atoms with Crippen molar-refractivity contribution >= 4 is 12.6 Å². The lowest BCUT2D eigenvalue weighted by Crippen LogP contribution is -2.41. The molecule has 22 heavy (non-hydrogen) atoms. The van der Waals surface area contributed by atoms with Gasteiger partial charge in [-0.2, -0.15) is 0 Å². The largest absolute Gasteiger partial charge is 0.498 e. The van der Waals surface area contributed by atoms with Gasteiger partial charge < -0.3 is 28.3 Å². The summed E-state index contributed by atoms with van der Waals surface area (Å²) in [5.74, 6) is 1.91. The first-order chi connectivity index (χ1) is 10.3. The van der Waals surface area contributed by atoms with Crippen molar-refractivity contribution in [1.82, 2.24) is 0 Å². The Kier molecular flexibility index (Phi) is 3.75. The Morgan fingerprint density at radius 1 is 1.05 bits per heavy atom. The Morgan fingerprint density at radius 2 is 1.64 bits per heavy atom. The zero-order chi connectivity index (χ0) is 16.0. The molecule has 0 radical (unpaired) electrons. The van der Waals surface area contributed by atoms with E-state index < -0.39 is 18.3 Å². The van der Waals surface area contributed by atoms with Gasteiger partial charge in [-0.15, -0.1) is 0 Å². The zero-order valence-electron chi connectivity index (χ0n) is 13.6. The Morgan fingerprint density at radius 3 is 2.23 bits per heavy atom. The molecule has 0 amide bonds. The summed E-state index contributed by atoms with van der Waals surface area (Å²) in [5, 5.41) is 0. The summed E-state index contributed by atoms with van der Waals surface area (Å²) in [6.07, 6.45) is 0. The van der Waals surface area contributed by atoms with Crippen LogP contribution in [0.1, 0.15) is 27.7 Å². The molecule has 1 fully saturated rings. The maximum Gasteiger partial charge on any atom is 0.498 e. The number of ether oxygens (including phenoxy) is 4. The molecular weight excluding hydrogens is 287 g/mol. The minimum atomic E-state index is -0.536. The fourth-order valence-electron chi connectivity index (χ4n) is 2.34. The van der Waals surface area contributed by atoms with Crippen LogP contribution in [0.2, 0.25) is 0 Å². The molecule has 0 atom stereocenters. The molecule has 120 valence electrons. The molecule has 0 unspecified atom stereocenters. The third-order valence-corrected chi connectivity index (χ3v) is 4.34. The minimum Gasteiger partial charge on any atom is -0.468 e. The highest BCUT2D eigenvalue weighted by atomic mass is 16.7. The van der Waals surface area contributed by atoms with Gasteiger partial charge in [0.1, 0.15) is 5.75 Å². The summed E-state index contributed by atoms with van der Waals surface area (Å²) < 4.78 is 33.6. The van der Waals surface area contributed by atoms with Crippen molar-refractivity contribution in [1.29, 1.82) is 0 Å². The fourth-order valence-corrected chi connectivity index (χ4v) is 2.34. The molecule has 0 spiro atoms. The third kappa shape index (κ3) is 2.53. The molecule has 2 heterocycles. The molecule has 7 heteroatoms. The highest BCUT2D eigenvalue weighted by Crippen LogP contribution is 2.40. The second kappa shape index (κ2) is 5.33. The molecule has 6 nitrogen and oxygen atoms in total. The number of rotatable bonds is 4. The molecular formula is C15H21BO6. The molecule has 2 aliphatic rings. The quantitative estimate of drug-likeness (QED) is 0.623. The van der Waals surface area contributed by atoms with E-state index in [1.54, 1.807) is 13.2 Å². The summed E-state index contributed by atoms with van der Waals surface area (Å²) in [7, 11) is 1.04. The summed E-state index contributed by atoms with van der Waals surface area (Å²) >= 11 is 0. The maximum atomic E-state index is 6.09. The van der Waals surface area contributed by atoms with Gasteiger partial charge >= 0.3 is 7.12 Å². The van der Waals surface area contributed by atoms with Crippen molar-refractivity contribution in [2.24, 2.45) is 0 Å². The van der Waals surface area contributed by atoms with Gasteiger partial charge in [0, 0.05) is 18.6 Å². The number of hydrogen-bond donors (Lipinski definition) is 0. The van der Waals surface area contributed by atoms with Crippen LogP contribution >= 0.6 is 0 Å². The van der Waals surface area contributed by atoms with E-state index in [0.29, 0.717) is 17.2 Å². The average molecular weight is 308 g/mol. The Balaban J connectivity index is 1.96. The van der Waals surface area contributed by atoms with Gasteiger partial charge in [-0.1, -0.05) is 0 Å². The van der Waals surface area contributed by atoms with Gasteiger partial charge in [0.05, 0.1) is 11.2 Å². The first-order valence-electron chi connectivity index (χ1n) is 7.25. The van der Waals surface area contributed by atoms with Gasteiger partial charge in [0.25, 0.3) is 0 Å². The van der Waals surface area contributed by atoms with E-state index >= 15 is 0 Å². The van der Waals surface area contributed by atoms with Crippen molar-refractivity contribution < 1.29 is 28.3 Å². The van der Waals surface area contributed by atoms with Crippen molar-refractivity contribution in [2.75, 3.05) is 20.7 Å². The van der Waals surface area contributed by atoms with Gasteiger partial charge in [-0.05, 0) is 33.8 Å². The highest BCUT2D eigenvalue weighted by molar-refractivity contribution is 6.63. The van der Waals surface area contributed by atoms with E-state index in [9.17, 15) is 0 Å². The first kappa shape index (κ1) is 15.5. The van der Waals surface area contributed by atoms with Crippen LogP contribution in [0.5, 0.6) is 17.2 Å². The maximum absolute atomic E-state index is 6.09. The van der Waals surface area contributed by atoms with E-state index in [-0.39, 0.29) is 13.6 Å². The van der Waals surface area contributed by atoms with Crippen molar-refractivity contribution in [3.8, 4) is 17.2 Å². The van der Waals surface area contributed by atoms with E-state index in [2.05, 4.69) is 0 Å². The number of methoxy groups -OCH3 is 1. The van der Waals surface area contributed by atoms with E-state index in [1.807, 2.05) is 33.8 Å². The van der Waals surface area contributed by atoms with E-state index in [0.717, 1.165) is 5.46 Å². The predicted octanol–water partition coefficient (Wildman–Crippen LogP) is 1.70. The van der Waals surface area contributed by atoms with Crippen molar-refractivity contribution in [3.63, 3.8) is 0 Å². The number of hydrogen-bond acceptors (Lipinski definition) is 6. The van der Waals surface area contributed by atoms with Crippen LogP contribution in [-0.2, 0) is 14.0 Å². The second-order valence-electron chi connectivity index (χ2n) is 6.38. The molecule has 1 saturated heterocycles. The first-order valence-corrected chi connectivity index (χ1v) is 7.25. The van der Waals surface area contributed by atoms with Crippen LogP contribution in [-0.4, -0.2) is 39.0 Å². The van der Waals surface area contributed by atoms with Gasteiger partial charge in [0.15, 0.2) is 18.3 Å². The molecule has 0 bridgehead atoms. The van der Waals surface area contributed by atoms with Crippen LogP contribution in [0.3, 0.4) is 0 Å². The van der Waals surface area contributed by atoms with Gasteiger partial charge in [-0.25, -0.2) is 0 Å². The van der Waals surface area contributed by atoms with Crippen LogP contribution < -0.4 is 19.7 Å². The van der Waals surface area contributed by atoms with Crippen molar-refractivity contribution in [2.45, 2.75) is 38.9 Å². The van der Waals surface area contributed by atoms with Crippen LogP contribution in [0, 0.1) is 0 Å². The lowest BCUT2D eigenvalue weighted by atomic mass is 9.78. The monoisotopic (exact) mass is 308 g/mol. The molecule has 0 N–H and O–H groups in total. The summed E-state index contributed by atoms with van der Waals surface area (Å²) in [5.41, 5.74) is -0.0842. The van der Waals surface area contributed by atoms with Crippen LogP contribution in [0.25, 0.3) is 0 Å². The number of fused-ring (bicyclic) bond motifs is 1. The third-order valence-electron chi connectivity index (χ3n) is 4.34. The summed E-state index contributed by atoms with van der Waals surface area (Å²) in [6.45, 7) is 8.37. The van der Waals surface area contributed by atoms with Crippen LogP contribution in [0.15, 0.2) is 12.1 Å². The summed E-state index contributed by atoms with van der Waals surface area (Å²) in [6, 6.07) is 3.62. The van der Waals surface area contributed by atoms with E-state index in [4.69, 9.17) is 28.3 Å². The fraction of sp³-hybridized carbons (Fsp3) is 0.600. The standard InChI is InChI=1S/C15H21BO6/c1-14(2)15(3,4)22-16(21-14)10-6-12-13(20-9-19-12)7-11(10)18-8-17-5/h6-7H,8-9H2,1-5H3. The Labute approximate surface area is 130 Å².